The van der Waals surface area contributed by atoms with Crippen molar-refractivity contribution in [2.24, 2.45) is 0 Å². The van der Waals surface area contributed by atoms with E-state index in [2.05, 4.69) is 194 Å². The van der Waals surface area contributed by atoms with Crippen LogP contribution in [0, 0.1) is 0 Å². The van der Waals surface area contributed by atoms with Crippen molar-refractivity contribution in [3.05, 3.63) is 222 Å². The molecular formula is C48H33NS. The van der Waals surface area contributed by atoms with Crippen molar-refractivity contribution in [1.29, 1.82) is 0 Å². The Bertz CT molecular complexity index is 2340. The average Bonchev–Trinajstić information content (AvgIpc) is 3.21. The number of fused-ring (bicyclic) bond motifs is 2. The van der Waals surface area contributed by atoms with Crippen LogP contribution in [0.4, 0.5) is 0 Å². The Kier molecular flexibility index (Phi) is 7.72. The summed E-state index contributed by atoms with van der Waals surface area (Å²) in [4.78, 5) is 7.77. The minimum absolute atomic E-state index is 0.435. The van der Waals surface area contributed by atoms with Gasteiger partial charge in [0.25, 0.3) is 0 Å². The number of pyridine rings is 1. The van der Waals surface area contributed by atoms with Gasteiger partial charge in [-0.2, -0.15) is 0 Å². The van der Waals surface area contributed by atoms with Crippen molar-refractivity contribution in [2.45, 2.75) is 15.2 Å². The molecule has 0 atom stereocenters. The third-order valence-corrected chi connectivity index (χ3v) is 10.9. The fourth-order valence-corrected chi connectivity index (χ4v) is 8.71. The zero-order valence-electron chi connectivity index (χ0n) is 27.4. The molecule has 0 unspecified atom stereocenters. The first-order chi connectivity index (χ1) is 24.8. The smallest absolute Gasteiger partial charge is 0.0723 e. The molecule has 50 heavy (non-hydrogen) atoms. The highest BCUT2D eigenvalue weighted by Crippen LogP contribution is 2.56. The Morgan fingerprint density at radius 2 is 0.820 bits per heavy atom. The predicted molar refractivity (Wildman–Crippen MR) is 208 cm³/mol. The van der Waals surface area contributed by atoms with E-state index in [9.17, 15) is 0 Å². The van der Waals surface area contributed by atoms with Gasteiger partial charge in [-0.15, -0.1) is 0 Å². The van der Waals surface area contributed by atoms with Gasteiger partial charge in [0, 0.05) is 20.9 Å². The summed E-state index contributed by atoms with van der Waals surface area (Å²) in [7, 11) is 0. The first kappa shape index (κ1) is 30.1. The summed E-state index contributed by atoms with van der Waals surface area (Å²) in [5, 5.41) is 0. The van der Waals surface area contributed by atoms with Crippen molar-refractivity contribution in [3.63, 3.8) is 0 Å². The van der Waals surface area contributed by atoms with Crippen LogP contribution in [-0.4, -0.2) is 4.98 Å². The lowest BCUT2D eigenvalue weighted by molar-refractivity contribution is 0.703. The van der Waals surface area contributed by atoms with Gasteiger partial charge in [-0.1, -0.05) is 182 Å². The normalized spacial score (nSPS) is 12.9. The minimum atomic E-state index is -0.435. The molecule has 2 heterocycles. The third-order valence-electron chi connectivity index (χ3n) is 9.80. The molecule has 0 radical (unpaired) electrons. The number of hydrogen-bond donors (Lipinski definition) is 0. The van der Waals surface area contributed by atoms with Gasteiger partial charge in [0.15, 0.2) is 0 Å². The van der Waals surface area contributed by atoms with E-state index in [-0.39, 0.29) is 0 Å². The first-order valence-corrected chi connectivity index (χ1v) is 17.9. The number of nitrogens with zero attached hydrogens (tertiary/aromatic N) is 1. The SMILES string of the molecule is c1ccc(-c2cc(-c3ccccc3)nc(-c3cccc(-c4ccc5c(c4)Sc4ccccc4C5(c4ccccc4)c4ccccc4)c3)c2)cc1. The van der Waals surface area contributed by atoms with Crippen LogP contribution in [0.5, 0.6) is 0 Å². The molecule has 0 aliphatic carbocycles. The lowest BCUT2D eigenvalue weighted by Gasteiger charge is -2.42. The molecule has 0 fully saturated rings. The molecule has 1 aliphatic rings. The summed E-state index contributed by atoms with van der Waals surface area (Å²) in [5.41, 5.74) is 13.6. The Labute approximate surface area is 298 Å². The molecule has 0 N–H and O–H groups in total. The van der Waals surface area contributed by atoms with Gasteiger partial charge < -0.3 is 0 Å². The number of hydrogen-bond acceptors (Lipinski definition) is 2. The zero-order chi connectivity index (χ0) is 33.3. The van der Waals surface area contributed by atoms with Crippen LogP contribution in [0.2, 0.25) is 0 Å². The quantitative estimate of drug-likeness (QED) is 0.177. The number of benzene rings is 7. The molecule has 0 spiro atoms. The van der Waals surface area contributed by atoms with Gasteiger partial charge in [-0.05, 0) is 74.8 Å². The molecule has 0 saturated carbocycles. The Hall–Kier alpha value is -5.96. The maximum absolute atomic E-state index is 5.21. The van der Waals surface area contributed by atoms with Gasteiger partial charge in [0.05, 0.1) is 16.8 Å². The average molecular weight is 656 g/mol. The van der Waals surface area contributed by atoms with Crippen molar-refractivity contribution >= 4 is 11.8 Å². The lowest BCUT2D eigenvalue weighted by atomic mass is 9.64. The second-order valence-electron chi connectivity index (χ2n) is 12.7. The predicted octanol–water partition coefficient (Wildman–Crippen LogP) is 12.6. The zero-order valence-corrected chi connectivity index (χ0v) is 28.2. The highest BCUT2D eigenvalue weighted by molar-refractivity contribution is 7.99. The molecule has 1 aliphatic heterocycles. The van der Waals surface area contributed by atoms with E-state index in [1.54, 1.807) is 0 Å². The van der Waals surface area contributed by atoms with Gasteiger partial charge >= 0.3 is 0 Å². The second-order valence-corrected chi connectivity index (χ2v) is 13.8. The second kappa shape index (κ2) is 12.8. The van der Waals surface area contributed by atoms with Crippen molar-refractivity contribution in [2.75, 3.05) is 0 Å². The maximum atomic E-state index is 5.21. The molecular weight excluding hydrogens is 623 g/mol. The molecule has 1 nitrogen and oxygen atoms in total. The van der Waals surface area contributed by atoms with Crippen LogP contribution in [0.25, 0.3) is 44.8 Å². The van der Waals surface area contributed by atoms with Gasteiger partial charge in [-0.25, -0.2) is 4.98 Å². The van der Waals surface area contributed by atoms with Crippen LogP contribution in [0.1, 0.15) is 22.3 Å². The van der Waals surface area contributed by atoms with Gasteiger partial charge in [0.2, 0.25) is 0 Å². The van der Waals surface area contributed by atoms with Crippen molar-refractivity contribution in [1.82, 2.24) is 4.98 Å². The Morgan fingerprint density at radius 1 is 0.320 bits per heavy atom. The fraction of sp³-hybridized carbons (Fsp3) is 0.0208. The van der Waals surface area contributed by atoms with Gasteiger partial charge in [-0.3, -0.25) is 0 Å². The van der Waals surface area contributed by atoms with Crippen LogP contribution in [-0.2, 0) is 5.41 Å². The highest BCUT2D eigenvalue weighted by atomic mass is 32.2. The number of rotatable bonds is 6. The summed E-state index contributed by atoms with van der Waals surface area (Å²) in [6.45, 7) is 0. The lowest BCUT2D eigenvalue weighted by Crippen LogP contribution is -2.34. The van der Waals surface area contributed by atoms with E-state index < -0.39 is 5.41 Å². The Balaban J connectivity index is 1.19. The summed E-state index contributed by atoms with van der Waals surface area (Å²) >= 11 is 1.87. The van der Waals surface area contributed by atoms with Crippen LogP contribution < -0.4 is 0 Å². The summed E-state index contributed by atoms with van der Waals surface area (Å²) < 4.78 is 0. The van der Waals surface area contributed by atoms with Crippen LogP contribution in [0.15, 0.2) is 210 Å². The van der Waals surface area contributed by atoms with Crippen LogP contribution in [0.3, 0.4) is 0 Å². The highest BCUT2D eigenvalue weighted by Gasteiger charge is 2.44. The summed E-state index contributed by atoms with van der Waals surface area (Å²) in [6, 6.07) is 72.2. The van der Waals surface area contributed by atoms with E-state index in [1.165, 1.54) is 48.7 Å². The standard InChI is InChI=1S/C48H33NS/c1-5-16-34(17-6-1)39-31-44(35-18-7-2-8-19-35)49-45(32-39)38-21-15-20-36(30-38)37-28-29-43-47(33-37)50-46-27-14-13-26-42(46)48(43,40-22-9-3-10-23-40)41-24-11-4-12-25-41/h1-33H. The van der Waals surface area contributed by atoms with E-state index in [0.717, 1.165) is 28.1 Å². The number of aromatic nitrogens is 1. The van der Waals surface area contributed by atoms with Crippen molar-refractivity contribution in [3.8, 4) is 44.8 Å². The molecule has 236 valence electrons. The van der Waals surface area contributed by atoms with Crippen LogP contribution >= 0.6 is 11.8 Å². The molecule has 0 saturated heterocycles. The molecule has 9 rings (SSSR count). The molecule has 0 bridgehead atoms. The first-order valence-electron chi connectivity index (χ1n) is 17.0. The summed E-state index contributed by atoms with van der Waals surface area (Å²) in [6.07, 6.45) is 0. The summed E-state index contributed by atoms with van der Waals surface area (Å²) in [5.74, 6) is 0. The van der Waals surface area contributed by atoms with E-state index in [0.29, 0.717) is 0 Å². The molecule has 8 aromatic rings. The Morgan fingerprint density at radius 3 is 1.50 bits per heavy atom. The monoisotopic (exact) mass is 655 g/mol. The largest absolute Gasteiger partial charge is 0.248 e. The molecule has 7 aromatic carbocycles. The van der Waals surface area contributed by atoms with E-state index in [4.69, 9.17) is 4.98 Å². The molecule has 0 amide bonds. The minimum Gasteiger partial charge on any atom is -0.248 e. The third kappa shape index (κ3) is 5.26. The van der Waals surface area contributed by atoms with Crippen molar-refractivity contribution < 1.29 is 0 Å². The fourth-order valence-electron chi connectivity index (χ4n) is 7.48. The topological polar surface area (TPSA) is 12.9 Å². The van der Waals surface area contributed by atoms with E-state index >= 15 is 0 Å². The maximum Gasteiger partial charge on any atom is 0.0723 e. The van der Waals surface area contributed by atoms with E-state index in [1.807, 2.05) is 17.8 Å². The molecule has 2 heteroatoms. The van der Waals surface area contributed by atoms with Gasteiger partial charge in [0.1, 0.15) is 0 Å². The molecule has 1 aromatic heterocycles.